The summed E-state index contributed by atoms with van der Waals surface area (Å²) in [6.07, 6.45) is -0.873. The van der Waals surface area contributed by atoms with Crippen molar-refractivity contribution in [2.24, 2.45) is 0 Å². The molecule has 0 aliphatic carbocycles. The second kappa shape index (κ2) is 9.05. The van der Waals surface area contributed by atoms with E-state index in [0.717, 1.165) is 0 Å². The van der Waals surface area contributed by atoms with Crippen molar-refractivity contribution >= 4 is 11.8 Å². The van der Waals surface area contributed by atoms with Gasteiger partial charge in [-0.15, -0.1) is 0 Å². The molecule has 2 atom stereocenters. The van der Waals surface area contributed by atoms with Crippen LogP contribution in [0.4, 0.5) is 0 Å². The van der Waals surface area contributed by atoms with Gasteiger partial charge in [-0.05, 0) is 38.5 Å². The fraction of sp³-hybridized carbons (Fsp3) is 0.579. The topological polar surface area (TPSA) is 95.1 Å². The summed E-state index contributed by atoms with van der Waals surface area (Å²) in [4.78, 5) is 24.7. The van der Waals surface area contributed by atoms with Crippen molar-refractivity contribution in [2.45, 2.75) is 38.5 Å². The molecule has 0 bridgehead atoms. The lowest BCUT2D eigenvalue weighted by atomic mass is 9.97. The second-order valence-corrected chi connectivity index (χ2v) is 6.90. The molecule has 2 rings (SSSR count). The van der Waals surface area contributed by atoms with Crippen LogP contribution in [0.5, 0.6) is 11.5 Å². The van der Waals surface area contributed by atoms with Gasteiger partial charge < -0.3 is 29.6 Å². The molecular formula is C19H28N2O6. The summed E-state index contributed by atoms with van der Waals surface area (Å²) in [5.41, 5.74) is 0.114. The summed E-state index contributed by atoms with van der Waals surface area (Å²) in [5, 5.41) is 5.76. The lowest BCUT2D eigenvalue weighted by molar-refractivity contribution is -0.149. The van der Waals surface area contributed by atoms with Gasteiger partial charge in [-0.1, -0.05) is 6.07 Å². The Labute approximate surface area is 159 Å². The molecule has 2 N–H and O–H groups in total. The Hall–Kier alpha value is -2.32. The van der Waals surface area contributed by atoms with Crippen LogP contribution in [0.1, 0.15) is 32.4 Å². The molecule has 1 aromatic rings. The van der Waals surface area contributed by atoms with Gasteiger partial charge in [-0.25, -0.2) is 0 Å². The summed E-state index contributed by atoms with van der Waals surface area (Å²) in [7, 11) is 3.07. The fourth-order valence-corrected chi connectivity index (χ4v) is 2.88. The third kappa shape index (κ3) is 5.33. The maximum absolute atomic E-state index is 12.8. The SMILES string of the molecule is CCOCC(C)(C)NC(=O)[C@H]1OCC(=O)N[C@@H]1c1ccc(OC)c(OC)c1. The van der Waals surface area contributed by atoms with E-state index in [1.165, 1.54) is 7.11 Å². The Balaban J connectivity index is 2.24. The van der Waals surface area contributed by atoms with Gasteiger partial charge >= 0.3 is 0 Å². The summed E-state index contributed by atoms with van der Waals surface area (Å²) < 4.78 is 21.5. The van der Waals surface area contributed by atoms with Crippen molar-refractivity contribution in [1.29, 1.82) is 0 Å². The number of morpholine rings is 1. The van der Waals surface area contributed by atoms with Crippen LogP contribution >= 0.6 is 0 Å². The molecule has 8 nitrogen and oxygen atoms in total. The van der Waals surface area contributed by atoms with Gasteiger partial charge in [0.05, 0.1) is 32.4 Å². The van der Waals surface area contributed by atoms with Gasteiger partial charge in [0.1, 0.15) is 6.61 Å². The number of methoxy groups -OCH3 is 2. The largest absolute Gasteiger partial charge is 0.493 e. The van der Waals surface area contributed by atoms with Crippen LogP contribution in [-0.4, -0.2) is 57.5 Å². The number of hydrogen-bond donors (Lipinski definition) is 2. The van der Waals surface area contributed by atoms with Gasteiger partial charge in [0.25, 0.3) is 5.91 Å². The second-order valence-electron chi connectivity index (χ2n) is 6.90. The number of carbonyl (C=O) groups is 2. The molecule has 27 heavy (non-hydrogen) atoms. The van der Waals surface area contributed by atoms with Crippen molar-refractivity contribution in [3.63, 3.8) is 0 Å². The number of carbonyl (C=O) groups excluding carboxylic acids is 2. The molecule has 0 unspecified atom stereocenters. The average molecular weight is 380 g/mol. The molecular weight excluding hydrogens is 352 g/mol. The van der Waals surface area contributed by atoms with Gasteiger partial charge in [0.15, 0.2) is 17.6 Å². The van der Waals surface area contributed by atoms with E-state index < -0.39 is 17.7 Å². The molecule has 1 aliphatic heterocycles. The Bertz CT molecular complexity index is 676. The van der Waals surface area contributed by atoms with Crippen LogP contribution < -0.4 is 20.1 Å². The van der Waals surface area contributed by atoms with Crippen LogP contribution in [0.15, 0.2) is 18.2 Å². The highest BCUT2D eigenvalue weighted by atomic mass is 16.5. The van der Waals surface area contributed by atoms with E-state index in [1.54, 1.807) is 25.3 Å². The highest BCUT2D eigenvalue weighted by Crippen LogP contribution is 2.32. The summed E-state index contributed by atoms with van der Waals surface area (Å²) in [6.45, 7) is 6.39. The highest BCUT2D eigenvalue weighted by molar-refractivity contribution is 5.86. The molecule has 0 radical (unpaired) electrons. The molecule has 0 spiro atoms. The number of nitrogens with one attached hydrogen (secondary N) is 2. The predicted molar refractivity (Wildman–Crippen MR) is 98.9 cm³/mol. The maximum Gasteiger partial charge on any atom is 0.252 e. The Morgan fingerprint density at radius 1 is 1.30 bits per heavy atom. The van der Waals surface area contributed by atoms with Crippen LogP contribution in [0.25, 0.3) is 0 Å². The van der Waals surface area contributed by atoms with Crippen molar-refractivity contribution in [1.82, 2.24) is 10.6 Å². The van der Waals surface area contributed by atoms with E-state index in [9.17, 15) is 9.59 Å². The molecule has 8 heteroatoms. The van der Waals surface area contributed by atoms with Crippen molar-refractivity contribution in [2.75, 3.05) is 34.0 Å². The lowest BCUT2D eigenvalue weighted by Crippen LogP contribution is -2.57. The lowest BCUT2D eigenvalue weighted by Gasteiger charge is -2.35. The van der Waals surface area contributed by atoms with E-state index in [-0.39, 0.29) is 18.4 Å². The van der Waals surface area contributed by atoms with Crippen LogP contribution in [0.2, 0.25) is 0 Å². The number of amides is 2. The molecule has 1 heterocycles. The normalized spacial score (nSPS) is 20.0. The average Bonchev–Trinajstić information content (AvgIpc) is 2.65. The van der Waals surface area contributed by atoms with E-state index in [4.69, 9.17) is 18.9 Å². The number of hydrogen-bond acceptors (Lipinski definition) is 6. The summed E-state index contributed by atoms with van der Waals surface area (Å²) >= 11 is 0. The number of benzene rings is 1. The first-order chi connectivity index (χ1) is 12.8. The van der Waals surface area contributed by atoms with Crippen LogP contribution in [0.3, 0.4) is 0 Å². The zero-order chi connectivity index (χ0) is 20.0. The first kappa shape index (κ1) is 21.0. The smallest absolute Gasteiger partial charge is 0.252 e. The van der Waals surface area contributed by atoms with Gasteiger partial charge in [0.2, 0.25) is 5.91 Å². The molecule has 1 fully saturated rings. The minimum atomic E-state index is -0.873. The van der Waals surface area contributed by atoms with E-state index in [1.807, 2.05) is 20.8 Å². The highest BCUT2D eigenvalue weighted by Gasteiger charge is 2.38. The van der Waals surface area contributed by atoms with Crippen molar-refractivity contribution in [3.05, 3.63) is 23.8 Å². The molecule has 0 aromatic heterocycles. The first-order valence-electron chi connectivity index (χ1n) is 8.84. The number of rotatable bonds is 8. The zero-order valence-corrected chi connectivity index (χ0v) is 16.5. The van der Waals surface area contributed by atoms with Gasteiger partial charge in [0, 0.05) is 6.61 Å². The van der Waals surface area contributed by atoms with Gasteiger partial charge in [-0.3, -0.25) is 9.59 Å². The fourth-order valence-electron chi connectivity index (χ4n) is 2.88. The van der Waals surface area contributed by atoms with E-state index in [2.05, 4.69) is 10.6 Å². The van der Waals surface area contributed by atoms with E-state index >= 15 is 0 Å². The van der Waals surface area contributed by atoms with E-state index in [0.29, 0.717) is 30.3 Å². The number of ether oxygens (including phenoxy) is 4. The minimum Gasteiger partial charge on any atom is -0.493 e. The molecule has 1 aliphatic rings. The summed E-state index contributed by atoms with van der Waals surface area (Å²) in [5.74, 6) is 0.459. The van der Waals surface area contributed by atoms with Crippen molar-refractivity contribution < 1.29 is 28.5 Å². The molecule has 1 aromatic carbocycles. The van der Waals surface area contributed by atoms with Gasteiger partial charge in [-0.2, -0.15) is 0 Å². The molecule has 1 saturated heterocycles. The van der Waals surface area contributed by atoms with Crippen LogP contribution in [0, 0.1) is 0 Å². The van der Waals surface area contributed by atoms with Crippen LogP contribution in [-0.2, 0) is 19.1 Å². The minimum absolute atomic E-state index is 0.173. The standard InChI is InChI=1S/C19H28N2O6/c1-6-26-11-19(2,3)21-18(23)17-16(20-15(22)10-27-17)12-7-8-13(24-4)14(9-12)25-5/h7-9,16-17H,6,10-11H2,1-5H3,(H,20,22)(H,21,23)/t16-,17+/m1/s1. The first-order valence-corrected chi connectivity index (χ1v) is 8.84. The zero-order valence-electron chi connectivity index (χ0n) is 16.5. The third-order valence-electron chi connectivity index (χ3n) is 4.17. The Morgan fingerprint density at radius 3 is 2.63 bits per heavy atom. The third-order valence-corrected chi connectivity index (χ3v) is 4.17. The molecule has 0 saturated carbocycles. The Kier molecular flexibility index (Phi) is 7.04. The van der Waals surface area contributed by atoms with Crippen molar-refractivity contribution in [3.8, 4) is 11.5 Å². The quantitative estimate of drug-likeness (QED) is 0.704. The monoisotopic (exact) mass is 380 g/mol. The summed E-state index contributed by atoms with van der Waals surface area (Å²) in [6, 6.07) is 4.58. The Morgan fingerprint density at radius 2 is 2.00 bits per heavy atom. The maximum atomic E-state index is 12.8. The predicted octanol–water partition coefficient (Wildman–Crippen LogP) is 1.19. The molecule has 2 amide bonds. The molecule has 150 valence electrons.